The van der Waals surface area contributed by atoms with Gasteiger partial charge in [0.05, 0.1) is 26.9 Å². The van der Waals surface area contributed by atoms with Gasteiger partial charge in [0.15, 0.2) is 0 Å². The normalized spacial score (nSPS) is 12.0. The number of rotatable bonds is 9. The van der Waals surface area contributed by atoms with Crippen molar-refractivity contribution in [3.8, 4) is 0 Å². The first-order valence-corrected chi connectivity index (χ1v) is 13.5. The molecule has 0 bridgehead atoms. The number of anilines is 2. The van der Waals surface area contributed by atoms with Crippen molar-refractivity contribution in [3.05, 3.63) is 87.9 Å². The molecule has 0 radical (unpaired) electrons. The van der Waals surface area contributed by atoms with Crippen LogP contribution in [0, 0.1) is 6.92 Å². The molecule has 2 N–H and O–H groups in total. The molecule has 36 heavy (non-hydrogen) atoms. The summed E-state index contributed by atoms with van der Waals surface area (Å²) in [6.45, 7) is 5.06. The van der Waals surface area contributed by atoms with Crippen LogP contribution >= 0.6 is 23.2 Å². The van der Waals surface area contributed by atoms with Crippen LogP contribution in [0.15, 0.2) is 71.6 Å². The smallest absolute Gasteiger partial charge is 0.264 e. The molecule has 0 aliphatic carbocycles. The number of para-hydroxylation sites is 1. The van der Waals surface area contributed by atoms with Crippen LogP contribution in [0.2, 0.25) is 10.0 Å². The Morgan fingerprint density at radius 1 is 1.00 bits per heavy atom. The highest BCUT2D eigenvalue weighted by Crippen LogP contribution is 2.33. The van der Waals surface area contributed by atoms with Gasteiger partial charge in [-0.15, -0.1) is 0 Å². The van der Waals surface area contributed by atoms with Crippen molar-refractivity contribution >= 4 is 56.4 Å². The second-order valence-corrected chi connectivity index (χ2v) is 11.0. The number of nitrogens with zero attached hydrogens (tertiary/aromatic N) is 1. The molecule has 7 nitrogen and oxygen atoms in total. The van der Waals surface area contributed by atoms with Crippen LogP contribution in [0.5, 0.6) is 0 Å². The highest BCUT2D eigenvalue weighted by molar-refractivity contribution is 7.92. The Kier molecular flexibility index (Phi) is 9.00. The van der Waals surface area contributed by atoms with Crippen molar-refractivity contribution in [1.29, 1.82) is 0 Å². The molecule has 3 aromatic rings. The summed E-state index contributed by atoms with van der Waals surface area (Å²) in [6.07, 6.45) is 0.743. The zero-order valence-electron chi connectivity index (χ0n) is 20.1. The molecule has 10 heteroatoms. The summed E-state index contributed by atoms with van der Waals surface area (Å²) in [4.78, 5) is 25.9. The molecule has 0 unspecified atom stereocenters. The summed E-state index contributed by atoms with van der Waals surface area (Å²) in [5.41, 5.74) is 1.46. The van der Waals surface area contributed by atoms with E-state index in [1.807, 2.05) is 20.8 Å². The lowest BCUT2D eigenvalue weighted by atomic mass is 10.1. The number of nitrogens with one attached hydrogen (secondary N) is 2. The average molecular weight is 548 g/mol. The zero-order chi connectivity index (χ0) is 26.5. The number of aryl methyl sites for hydroxylation is 1. The number of halogens is 2. The van der Waals surface area contributed by atoms with E-state index in [1.165, 1.54) is 30.3 Å². The van der Waals surface area contributed by atoms with Gasteiger partial charge in [-0.2, -0.15) is 0 Å². The monoisotopic (exact) mass is 547 g/mol. The van der Waals surface area contributed by atoms with Gasteiger partial charge in [0.25, 0.3) is 15.9 Å². The molecular formula is C26H27Cl2N3O4S. The van der Waals surface area contributed by atoms with Crippen LogP contribution in [0.4, 0.5) is 11.4 Å². The first-order valence-electron chi connectivity index (χ1n) is 11.3. The van der Waals surface area contributed by atoms with E-state index in [2.05, 4.69) is 10.6 Å². The van der Waals surface area contributed by atoms with Crippen molar-refractivity contribution in [1.82, 2.24) is 5.32 Å². The van der Waals surface area contributed by atoms with Crippen molar-refractivity contribution in [3.63, 3.8) is 0 Å². The second kappa shape index (κ2) is 11.8. The first kappa shape index (κ1) is 27.5. The molecule has 2 amide bonds. The summed E-state index contributed by atoms with van der Waals surface area (Å²) in [5.74, 6) is -1.01. The van der Waals surface area contributed by atoms with E-state index in [-0.39, 0.29) is 43.8 Å². The summed E-state index contributed by atoms with van der Waals surface area (Å²) in [6, 6.07) is 17.1. The maximum atomic E-state index is 13.6. The Bertz CT molecular complexity index is 1360. The predicted molar refractivity (Wildman–Crippen MR) is 144 cm³/mol. The molecule has 3 aromatic carbocycles. The van der Waals surface area contributed by atoms with Crippen LogP contribution in [0.1, 0.15) is 36.2 Å². The fourth-order valence-electron chi connectivity index (χ4n) is 3.33. The molecule has 0 aliphatic rings. The molecule has 3 rings (SSSR count). The molecule has 1 atom stereocenters. The van der Waals surface area contributed by atoms with Crippen LogP contribution in [-0.4, -0.2) is 32.8 Å². The second-order valence-electron chi connectivity index (χ2n) is 8.30. The zero-order valence-corrected chi connectivity index (χ0v) is 22.4. The number of carbonyl (C=O) groups is 2. The Morgan fingerprint density at radius 3 is 2.33 bits per heavy atom. The van der Waals surface area contributed by atoms with Crippen molar-refractivity contribution in [2.45, 2.75) is 38.1 Å². The van der Waals surface area contributed by atoms with Crippen LogP contribution in [0.25, 0.3) is 0 Å². The van der Waals surface area contributed by atoms with E-state index in [9.17, 15) is 18.0 Å². The van der Waals surface area contributed by atoms with Gasteiger partial charge < -0.3 is 10.6 Å². The Labute approximate surface area is 221 Å². The number of hydrogen-bond acceptors (Lipinski definition) is 4. The number of carbonyl (C=O) groups excluding carboxylic acids is 2. The van der Waals surface area contributed by atoms with Gasteiger partial charge in [0.1, 0.15) is 6.54 Å². The van der Waals surface area contributed by atoms with Gasteiger partial charge >= 0.3 is 0 Å². The highest BCUT2D eigenvalue weighted by Gasteiger charge is 2.29. The molecule has 0 spiro atoms. The average Bonchev–Trinajstić information content (AvgIpc) is 2.84. The Balaban J connectivity index is 1.96. The topological polar surface area (TPSA) is 95.6 Å². The largest absolute Gasteiger partial charge is 0.350 e. The lowest BCUT2D eigenvalue weighted by molar-refractivity contribution is -0.114. The van der Waals surface area contributed by atoms with E-state index < -0.39 is 22.5 Å². The molecule has 0 heterocycles. The highest BCUT2D eigenvalue weighted by atomic mass is 35.5. The Hall–Kier alpha value is -3.07. The van der Waals surface area contributed by atoms with Gasteiger partial charge in [0, 0.05) is 11.1 Å². The van der Waals surface area contributed by atoms with Crippen LogP contribution in [-0.2, 0) is 14.8 Å². The molecule has 0 fully saturated rings. The Morgan fingerprint density at radius 2 is 1.67 bits per heavy atom. The number of amides is 2. The molecule has 0 aliphatic heterocycles. The SMILES string of the molecule is CC[C@H](C)NC(=O)c1ccccc1NC(=O)CN(c1cc(Cl)ccc1Cl)S(=O)(=O)c1ccc(C)cc1. The van der Waals surface area contributed by atoms with Gasteiger partial charge in [-0.1, -0.05) is 60.0 Å². The van der Waals surface area contributed by atoms with E-state index in [1.54, 1.807) is 36.4 Å². The number of benzene rings is 3. The van der Waals surface area contributed by atoms with Gasteiger partial charge in [-0.25, -0.2) is 8.42 Å². The lowest BCUT2D eigenvalue weighted by Gasteiger charge is -2.25. The third-order valence-electron chi connectivity index (χ3n) is 5.51. The van der Waals surface area contributed by atoms with E-state index in [4.69, 9.17) is 23.2 Å². The minimum atomic E-state index is -4.19. The molecular weight excluding hydrogens is 521 g/mol. The van der Waals surface area contributed by atoms with E-state index in [0.717, 1.165) is 16.3 Å². The third-order valence-corrected chi connectivity index (χ3v) is 7.84. The summed E-state index contributed by atoms with van der Waals surface area (Å²) < 4.78 is 28.1. The van der Waals surface area contributed by atoms with Gasteiger partial charge in [0.2, 0.25) is 5.91 Å². The molecule has 0 aromatic heterocycles. The number of hydrogen-bond donors (Lipinski definition) is 2. The summed E-state index contributed by atoms with van der Waals surface area (Å²) in [5, 5.41) is 5.89. The van der Waals surface area contributed by atoms with Crippen LogP contribution < -0.4 is 14.9 Å². The van der Waals surface area contributed by atoms with Crippen molar-refractivity contribution < 1.29 is 18.0 Å². The molecule has 0 saturated carbocycles. The quantitative estimate of drug-likeness (QED) is 0.361. The predicted octanol–water partition coefficient (Wildman–Crippen LogP) is 5.66. The minimum absolute atomic E-state index is 0.00901. The van der Waals surface area contributed by atoms with Crippen molar-refractivity contribution in [2.24, 2.45) is 0 Å². The minimum Gasteiger partial charge on any atom is -0.350 e. The summed E-state index contributed by atoms with van der Waals surface area (Å²) >= 11 is 12.5. The summed E-state index contributed by atoms with van der Waals surface area (Å²) in [7, 11) is -4.19. The lowest BCUT2D eigenvalue weighted by Crippen LogP contribution is -2.39. The van der Waals surface area contributed by atoms with E-state index in [0.29, 0.717) is 0 Å². The first-order chi connectivity index (χ1) is 17.0. The fourth-order valence-corrected chi connectivity index (χ4v) is 5.20. The van der Waals surface area contributed by atoms with Crippen molar-refractivity contribution in [2.75, 3.05) is 16.2 Å². The molecule has 0 saturated heterocycles. The third kappa shape index (κ3) is 6.57. The molecule has 190 valence electrons. The fraction of sp³-hybridized carbons (Fsp3) is 0.231. The van der Waals surface area contributed by atoms with Gasteiger partial charge in [-0.3, -0.25) is 13.9 Å². The van der Waals surface area contributed by atoms with E-state index >= 15 is 0 Å². The van der Waals surface area contributed by atoms with Crippen LogP contribution in [0.3, 0.4) is 0 Å². The standard InChI is InChI=1S/C26H27Cl2N3O4S/c1-4-18(3)29-26(33)21-7-5-6-8-23(21)30-25(32)16-31(24-15-19(27)11-14-22(24)28)36(34,35)20-12-9-17(2)10-13-20/h5-15,18H,4,16H2,1-3H3,(H,29,33)(H,30,32)/t18-/m0/s1. The number of sulfonamides is 1. The maximum Gasteiger partial charge on any atom is 0.264 e. The maximum absolute atomic E-state index is 13.6. The van der Waals surface area contributed by atoms with Gasteiger partial charge in [-0.05, 0) is 62.7 Å².